The molecule has 5 rings (SSSR count). The van der Waals surface area contributed by atoms with Gasteiger partial charge in [-0.05, 0) is 26.0 Å². The number of rotatable bonds is 1. The standard InChI is InChI=1S/C20H18N2O7/c1-20(2)28-15-14-11(9-23)12-8-13(24)22(17(25)10-6-4-3-5-7-10)19(26)21(12)18(27-14)16(15)29-20/h3-9,14-16,18,23H,1-2H3/b11-9+/t14-,15-,16-,18-/m1/s1. The minimum absolute atomic E-state index is 0.181. The van der Waals surface area contributed by atoms with Crippen LogP contribution in [-0.4, -0.2) is 44.2 Å². The average molecular weight is 398 g/mol. The zero-order chi connectivity index (χ0) is 20.5. The summed E-state index contributed by atoms with van der Waals surface area (Å²) in [5.41, 5.74) is -1.05. The Bertz CT molecular complexity index is 1160. The maximum atomic E-state index is 13.3. The van der Waals surface area contributed by atoms with E-state index >= 15 is 0 Å². The van der Waals surface area contributed by atoms with Crippen LogP contribution in [0.4, 0.5) is 0 Å². The lowest BCUT2D eigenvalue weighted by molar-refractivity contribution is -0.193. The fraction of sp³-hybridized carbons (Fsp3) is 0.350. The summed E-state index contributed by atoms with van der Waals surface area (Å²) in [6.07, 6.45) is -2.00. The largest absolute Gasteiger partial charge is 0.515 e. The van der Waals surface area contributed by atoms with Gasteiger partial charge in [0.2, 0.25) is 0 Å². The van der Waals surface area contributed by atoms with Gasteiger partial charge in [0, 0.05) is 17.2 Å². The van der Waals surface area contributed by atoms with E-state index in [-0.39, 0.29) is 16.8 Å². The van der Waals surface area contributed by atoms with Crippen molar-refractivity contribution in [2.75, 3.05) is 0 Å². The van der Waals surface area contributed by atoms with Crippen molar-refractivity contribution in [1.82, 2.24) is 9.13 Å². The van der Waals surface area contributed by atoms with E-state index in [0.717, 1.165) is 12.3 Å². The van der Waals surface area contributed by atoms with E-state index in [1.165, 1.54) is 16.7 Å². The highest BCUT2D eigenvalue weighted by molar-refractivity contribution is 5.95. The van der Waals surface area contributed by atoms with Gasteiger partial charge in [0.1, 0.15) is 18.3 Å². The minimum Gasteiger partial charge on any atom is -0.515 e. The summed E-state index contributed by atoms with van der Waals surface area (Å²) in [6.45, 7) is 3.49. The monoisotopic (exact) mass is 398 g/mol. The van der Waals surface area contributed by atoms with E-state index in [9.17, 15) is 19.5 Å². The molecular weight excluding hydrogens is 380 g/mol. The molecule has 0 aliphatic carbocycles. The fourth-order valence-corrected chi connectivity index (χ4v) is 4.24. The Labute approximate surface area is 164 Å². The first-order valence-corrected chi connectivity index (χ1v) is 9.16. The van der Waals surface area contributed by atoms with Gasteiger partial charge >= 0.3 is 5.69 Å². The third kappa shape index (κ3) is 2.48. The van der Waals surface area contributed by atoms with Crippen LogP contribution in [0.5, 0.6) is 0 Å². The lowest BCUT2D eigenvalue weighted by Crippen LogP contribution is -2.48. The van der Waals surface area contributed by atoms with Gasteiger partial charge in [-0.25, -0.2) is 4.79 Å². The van der Waals surface area contributed by atoms with Crippen molar-refractivity contribution < 1.29 is 24.1 Å². The van der Waals surface area contributed by atoms with Crippen molar-refractivity contribution in [3.8, 4) is 0 Å². The van der Waals surface area contributed by atoms with Crippen LogP contribution in [0, 0.1) is 0 Å². The molecule has 1 aromatic carbocycles. The second-order valence-corrected chi connectivity index (χ2v) is 7.62. The molecule has 150 valence electrons. The molecule has 1 N–H and O–H groups in total. The maximum Gasteiger partial charge on any atom is 0.340 e. The van der Waals surface area contributed by atoms with Crippen LogP contribution in [0.3, 0.4) is 0 Å². The SMILES string of the molecule is CC1(C)O[C@@H]2[C@H](O1)[C@@H]1O[C@H]2n2c(cc(=O)n(C(=O)c3ccccc3)c2=O)/C1=C\O. The van der Waals surface area contributed by atoms with Gasteiger partial charge in [0.15, 0.2) is 12.0 Å². The topological polar surface area (TPSA) is 109 Å². The van der Waals surface area contributed by atoms with Crippen LogP contribution in [0.25, 0.3) is 5.57 Å². The first-order chi connectivity index (χ1) is 13.8. The van der Waals surface area contributed by atoms with Gasteiger partial charge in [-0.3, -0.25) is 14.2 Å². The van der Waals surface area contributed by atoms with E-state index in [1.54, 1.807) is 32.0 Å². The van der Waals surface area contributed by atoms with Gasteiger partial charge in [0.05, 0.1) is 12.0 Å². The van der Waals surface area contributed by atoms with Crippen LogP contribution in [-0.2, 0) is 14.2 Å². The zero-order valence-electron chi connectivity index (χ0n) is 15.6. The molecule has 1 aromatic heterocycles. The molecule has 0 radical (unpaired) electrons. The average Bonchev–Trinajstić information content (AvgIpc) is 3.15. The van der Waals surface area contributed by atoms with Crippen molar-refractivity contribution >= 4 is 11.5 Å². The molecule has 9 nitrogen and oxygen atoms in total. The second kappa shape index (κ2) is 5.99. The minimum atomic E-state index is -0.897. The molecule has 2 bridgehead atoms. The molecule has 3 aliphatic rings. The fourth-order valence-electron chi connectivity index (χ4n) is 4.24. The Morgan fingerprint density at radius 2 is 1.83 bits per heavy atom. The summed E-state index contributed by atoms with van der Waals surface area (Å²) < 4.78 is 19.5. The zero-order valence-corrected chi connectivity index (χ0v) is 15.6. The van der Waals surface area contributed by atoms with Crippen LogP contribution in [0.2, 0.25) is 0 Å². The molecule has 2 fully saturated rings. The second-order valence-electron chi connectivity index (χ2n) is 7.62. The lowest BCUT2D eigenvalue weighted by Gasteiger charge is -2.31. The predicted molar refractivity (Wildman–Crippen MR) is 99.5 cm³/mol. The van der Waals surface area contributed by atoms with Gasteiger partial charge in [-0.1, -0.05) is 18.2 Å². The van der Waals surface area contributed by atoms with Gasteiger partial charge in [-0.15, -0.1) is 0 Å². The van der Waals surface area contributed by atoms with Crippen LogP contribution in [0.15, 0.2) is 52.2 Å². The van der Waals surface area contributed by atoms with Crippen molar-refractivity contribution in [2.24, 2.45) is 0 Å². The van der Waals surface area contributed by atoms with Gasteiger partial charge in [0.25, 0.3) is 11.5 Å². The van der Waals surface area contributed by atoms with E-state index in [4.69, 9.17) is 14.2 Å². The van der Waals surface area contributed by atoms with E-state index in [2.05, 4.69) is 0 Å². The molecule has 4 heterocycles. The number of nitrogens with zero attached hydrogens (tertiary/aromatic N) is 2. The molecule has 2 aromatic rings. The number of fused-ring (bicyclic) bond motifs is 7. The highest BCUT2D eigenvalue weighted by Gasteiger charge is 2.60. The summed E-state index contributed by atoms with van der Waals surface area (Å²) in [5, 5.41) is 9.82. The number of ether oxygens (including phenoxy) is 3. The lowest BCUT2D eigenvalue weighted by atomic mass is 10.0. The molecule has 29 heavy (non-hydrogen) atoms. The number of carbonyl (C=O) groups is 1. The summed E-state index contributed by atoms with van der Waals surface area (Å²) in [5.74, 6) is -1.64. The normalized spacial score (nSPS) is 30.2. The van der Waals surface area contributed by atoms with Crippen LogP contribution in [0.1, 0.15) is 36.1 Å². The molecule has 0 unspecified atom stereocenters. The predicted octanol–water partition coefficient (Wildman–Crippen LogP) is 1.03. The number of aliphatic hydroxyl groups excluding tert-OH is 1. The van der Waals surface area contributed by atoms with Gasteiger partial charge < -0.3 is 19.3 Å². The molecule has 0 saturated carbocycles. The van der Waals surface area contributed by atoms with Crippen molar-refractivity contribution in [2.45, 2.75) is 44.2 Å². The van der Waals surface area contributed by atoms with E-state index < -0.39 is 47.5 Å². The summed E-state index contributed by atoms with van der Waals surface area (Å²) >= 11 is 0. The molecule has 0 spiro atoms. The van der Waals surface area contributed by atoms with Crippen LogP contribution >= 0.6 is 0 Å². The molecule has 0 amide bonds. The highest BCUT2D eigenvalue weighted by Crippen LogP contribution is 2.49. The highest BCUT2D eigenvalue weighted by atomic mass is 16.8. The number of aliphatic hydroxyl groups is 1. The summed E-state index contributed by atoms with van der Waals surface area (Å²) in [7, 11) is 0. The first-order valence-electron chi connectivity index (χ1n) is 9.16. The molecular formula is C20H18N2O7. The van der Waals surface area contributed by atoms with Crippen molar-refractivity contribution in [3.05, 3.63) is 74.8 Å². The number of carbonyl (C=O) groups excluding carboxylic acids is 1. The third-order valence-corrected chi connectivity index (χ3v) is 5.39. The Morgan fingerprint density at radius 3 is 2.52 bits per heavy atom. The number of aromatic nitrogens is 2. The summed E-state index contributed by atoms with van der Waals surface area (Å²) in [4.78, 5) is 38.8. The molecule has 4 atom stereocenters. The quantitative estimate of drug-likeness (QED) is 0.715. The van der Waals surface area contributed by atoms with Crippen molar-refractivity contribution in [3.63, 3.8) is 0 Å². The van der Waals surface area contributed by atoms with E-state index in [0.29, 0.717) is 4.57 Å². The first kappa shape index (κ1) is 18.0. The Morgan fingerprint density at radius 1 is 1.14 bits per heavy atom. The Kier molecular flexibility index (Phi) is 3.73. The van der Waals surface area contributed by atoms with Crippen LogP contribution < -0.4 is 11.2 Å². The Balaban J connectivity index is 1.71. The maximum absolute atomic E-state index is 13.3. The number of hydrogen-bond donors (Lipinski definition) is 1. The third-order valence-electron chi connectivity index (χ3n) is 5.39. The summed E-state index contributed by atoms with van der Waals surface area (Å²) in [6, 6.07) is 9.20. The Hall–Kier alpha value is -3.01. The smallest absolute Gasteiger partial charge is 0.340 e. The van der Waals surface area contributed by atoms with E-state index in [1.807, 2.05) is 0 Å². The molecule has 2 saturated heterocycles. The number of benzene rings is 1. The van der Waals surface area contributed by atoms with Gasteiger partial charge in [-0.2, -0.15) is 4.57 Å². The molecule has 3 aliphatic heterocycles. The number of hydrogen-bond acceptors (Lipinski definition) is 7. The molecule has 9 heteroatoms. The van der Waals surface area contributed by atoms with Crippen molar-refractivity contribution in [1.29, 1.82) is 0 Å².